The number of halogens is 1. The number of benzene rings is 1. The van der Waals surface area contributed by atoms with Gasteiger partial charge in [-0.1, -0.05) is 89.9 Å². The van der Waals surface area contributed by atoms with E-state index in [0.29, 0.717) is 37.1 Å². The fraction of sp³-hybridized carbons (Fsp3) is 0.714. The number of ketones is 1. The molecule has 0 heterocycles. The molecule has 0 aliphatic heterocycles. The van der Waals surface area contributed by atoms with Crippen LogP contribution >= 0.6 is 11.6 Å². The van der Waals surface area contributed by atoms with Crippen molar-refractivity contribution in [1.82, 2.24) is 9.80 Å². The topological polar surface area (TPSA) is 81.1 Å². The molecule has 0 bridgehead atoms. The maximum Gasteiger partial charge on any atom is 0.306 e. The number of Topliss-reactive ketones (excluding diaryl/α,β-unsaturated/α-hetero) is 1. The normalized spacial score (nSPS) is 37.1. The molecule has 3 saturated carbocycles. The van der Waals surface area contributed by atoms with Gasteiger partial charge in [-0.05, 0) is 158 Å². The summed E-state index contributed by atoms with van der Waals surface area (Å²) in [5.41, 5.74) is 6.27. The number of nitrogens with zero attached hydrogens (tertiary/aromatic N) is 2. The van der Waals surface area contributed by atoms with E-state index >= 15 is 0 Å². The van der Waals surface area contributed by atoms with Crippen LogP contribution < -0.4 is 0 Å². The summed E-state index contributed by atoms with van der Waals surface area (Å²) < 4.78 is 0. The summed E-state index contributed by atoms with van der Waals surface area (Å²) in [6.07, 6.45) is 14.5. The summed E-state index contributed by atoms with van der Waals surface area (Å²) in [6.45, 7) is 20.2. The van der Waals surface area contributed by atoms with Gasteiger partial charge in [0.1, 0.15) is 0 Å². The molecule has 7 rings (SSSR count). The standard InChI is InChI=1S/C49H71ClN2O4/c1-31(2)42-38(53)28-49(41(54)30-52(27-26-51(8)9)29-32-10-16-35(50)17-11-32)25-24-47(6)37(43(42)49)18-19-40-46(5)22-20-36(33-12-14-34(15-13-33)44(55)56)45(3,4)39(46)21-23-48(40,47)7/h10-12,16-17,20,31,34,37,39-41,54H,13-15,18-19,21-30H2,1-9H3,(H,55,56)/t34?,37-,39+,40-,41?,46+,47-,48-,49+/m1/s1. The van der Waals surface area contributed by atoms with Gasteiger partial charge < -0.3 is 15.1 Å². The summed E-state index contributed by atoms with van der Waals surface area (Å²) in [6, 6.07) is 8.07. The van der Waals surface area contributed by atoms with Crippen LogP contribution in [0.2, 0.25) is 5.02 Å². The Morgan fingerprint density at radius 1 is 0.911 bits per heavy atom. The Morgan fingerprint density at radius 3 is 2.25 bits per heavy atom. The second kappa shape index (κ2) is 15.1. The van der Waals surface area contributed by atoms with Gasteiger partial charge in [0.15, 0.2) is 5.78 Å². The van der Waals surface area contributed by atoms with Crippen molar-refractivity contribution in [2.75, 3.05) is 33.7 Å². The number of carboxylic acid groups (broad SMARTS) is 1. The van der Waals surface area contributed by atoms with Crippen LogP contribution in [0.1, 0.15) is 125 Å². The third kappa shape index (κ3) is 6.73. The highest BCUT2D eigenvalue weighted by Gasteiger charge is 2.70. The predicted molar refractivity (Wildman–Crippen MR) is 227 cm³/mol. The third-order valence-electron chi connectivity index (χ3n) is 17.4. The molecule has 0 amide bonds. The molecule has 2 N–H and O–H groups in total. The minimum Gasteiger partial charge on any atom is -0.481 e. The molecule has 6 aliphatic carbocycles. The van der Waals surface area contributed by atoms with Crippen molar-refractivity contribution in [2.45, 2.75) is 132 Å². The molecule has 56 heavy (non-hydrogen) atoms. The maximum absolute atomic E-state index is 14.3. The molecular weight excluding hydrogens is 716 g/mol. The first-order valence-electron chi connectivity index (χ1n) is 22.0. The number of carboxylic acids is 1. The first kappa shape index (κ1) is 41.9. The van der Waals surface area contributed by atoms with Gasteiger partial charge in [0.05, 0.1) is 12.0 Å². The smallest absolute Gasteiger partial charge is 0.306 e. The first-order valence-corrected chi connectivity index (χ1v) is 22.4. The summed E-state index contributed by atoms with van der Waals surface area (Å²) in [7, 11) is 4.20. The van der Waals surface area contributed by atoms with Crippen LogP contribution in [0.3, 0.4) is 0 Å². The highest BCUT2D eigenvalue weighted by molar-refractivity contribution is 6.30. The lowest BCUT2D eigenvalue weighted by Crippen LogP contribution is -2.65. The molecule has 6 aliphatic rings. The van der Waals surface area contributed by atoms with Gasteiger partial charge in [-0.2, -0.15) is 0 Å². The Kier molecular flexibility index (Phi) is 11.3. The Bertz CT molecular complexity index is 1790. The molecule has 0 saturated heterocycles. The number of carbonyl (C=O) groups is 2. The minimum atomic E-state index is -0.663. The second-order valence-electron chi connectivity index (χ2n) is 21.1. The number of aliphatic hydroxyl groups excluding tert-OH is 1. The van der Waals surface area contributed by atoms with Crippen molar-refractivity contribution in [3.63, 3.8) is 0 Å². The molecule has 3 fully saturated rings. The molecule has 0 aromatic heterocycles. The lowest BCUT2D eigenvalue weighted by molar-refractivity contribution is -0.202. The molecule has 7 heteroatoms. The van der Waals surface area contributed by atoms with Gasteiger partial charge >= 0.3 is 5.97 Å². The lowest BCUT2D eigenvalue weighted by Gasteiger charge is -2.71. The Labute approximate surface area is 343 Å². The number of aliphatic hydroxyl groups is 1. The van der Waals surface area contributed by atoms with Crippen LogP contribution in [0.5, 0.6) is 0 Å². The zero-order valence-electron chi connectivity index (χ0n) is 36.0. The van der Waals surface area contributed by atoms with Crippen molar-refractivity contribution in [1.29, 1.82) is 0 Å². The van der Waals surface area contributed by atoms with Crippen LogP contribution in [-0.4, -0.2) is 71.6 Å². The summed E-state index contributed by atoms with van der Waals surface area (Å²) in [5.74, 6) is 0.914. The number of aliphatic carboxylic acids is 1. The Hall–Kier alpha value is -2.25. The van der Waals surface area contributed by atoms with E-state index in [2.05, 4.69) is 96.6 Å². The van der Waals surface area contributed by atoms with Gasteiger partial charge in [-0.25, -0.2) is 0 Å². The molecule has 0 spiro atoms. The average Bonchev–Trinajstić information content (AvgIpc) is 3.45. The number of fused-ring (bicyclic) bond motifs is 7. The number of hydrogen-bond donors (Lipinski definition) is 2. The van der Waals surface area contributed by atoms with E-state index in [9.17, 15) is 19.8 Å². The molecule has 1 aromatic carbocycles. The molecule has 2 unspecified atom stereocenters. The van der Waals surface area contributed by atoms with Crippen molar-refractivity contribution >= 4 is 23.4 Å². The van der Waals surface area contributed by atoms with Crippen molar-refractivity contribution in [2.24, 2.45) is 56.7 Å². The van der Waals surface area contributed by atoms with E-state index in [0.717, 1.165) is 75.2 Å². The second-order valence-corrected chi connectivity index (χ2v) is 21.6. The number of rotatable bonds is 11. The van der Waals surface area contributed by atoms with Crippen molar-refractivity contribution in [3.8, 4) is 0 Å². The van der Waals surface area contributed by atoms with Crippen molar-refractivity contribution < 1.29 is 19.8 Å². The third-order valence-corrected chi connectivity index (χ3v) is 17.7. The maximum atomic E-state index is 14.3. The molecule has 6 nitrogen and oxygen atoms in total. The van der Waals surface area contributed by atoms with E-state index in [1.54, 1.807) is 0 Å². The van der Waals surface area contributed by atoms with Crippen LogP contribution in [0, 0.1) is 56.7 Å². The minimum absolute atomic E-state index is 0.0233. The van der Waals surface area contributed by atoms with E-state index in [1.165, 1.54) is 35.1 Å². The average molecular weight is 788 g/mol. The van der Waals surface area contributed by atoms with Gasteiger partial charge in [0, 0.05) is 43.0 Å². The van der Waals surface area contributed by atoms with Crippen LogP contribution in [-0.2, 0) is 16.1 Å². The summed E-state index contributed by atoms with van der Waals surface area (Å²) in [4.78, 5) is 30.7. The molecule has 308 valence electrons. The SMILES string of the molecule is CC(C)C1=C2[C@H]3CC[C@@H]4[C@@]5(C)CC=C(C6=CCC(C(=O)O)CC6)C(C)(C)[C@@H]5CC[C@@]4(C)[C@]3(C)CC[C@@]2(C(O)CN(CCN(C)C)Cc2ccc(Cl)cc2)CC1=O. The summed E-state index contributed by atoms with van der Waals surface area (Å²) in [5, 5.41) is 23.1. The van der Waals surface area contributed by atoms with Gasteiger partial charge in [0.2, 0.25) is 0 Å². The van der Waals surface area contributed by atoms with E-state index < -0.39 is 17.5 Å². The first-order chi connectivity index (χ1) is 26.3. The largest absolute Gasteiger partial charge is 0.481 e. The number of hydrogen-bond acceptors (Lipinski definition) is 5. The van der Waals surface area contributed by atoms with Gasteiger partial charge in [0.25, 0.3) is 0 Å². The predicted octanol–water partition coefficient (Wildman–Crippen LogP) is 10.4. The quantitative estimate of drug-likeness (QED) is 0.233. The van der Waals surface area contributed by atoms with Gasteiger partial charge in [-0.3, -0.25) is 14.5 Å². The fourth-order valence-electron chi connectivity index (χ4n) is 14.4. The molecular formula is C49H71ClN2O4. The van der Waals surface area contributed by atoms with E-state index in [1.807, 2.05) is 12.1 Å². The van der Waals surface area contributed by atoms with Gasteiger partial charge in [-0.15, -0.1) is 0 Å². The highest BCUT2D eigenvalue weighted by Crippen LogP contribution is 2.77. The van der Waals surface area contributed by atoms with Crippen molar-refractivity contribution in [3.05, 3.63) is 69.3 Å². The van der Waals surface area contributed by atoms with Crippen LogP contribution in [0.25, 0.3) is 0 Å². The summed E-state index contributed by atoms with van der Waals surface area (Å²) >= 11 is 6.25. The Morgan fingerprint density at radius 2 is 1.62 bits per heavy atom. The number of likely N-dealkylation sites (N-methyl/N-ethyl adjacent to an activating group) is 1. The lowest BCUT2D eigenvalue weighted by atomic mass is 9.33. The fourth-order valence-corrected chi connectivity index (χ4v) is 14.5. The highest BCUT2D eigenvalue weighted by atomic mass is 35.5. The monoisotopic (exact) mass is 787 g/mol. The van der Waals surface area contributed by atoms with Crippen LogP contribution in [0.15, 0.2) is 58.7 Å². The molecule has 0 radical (unpaired) electrons. The van der Waals surface area contributed by atoms with Crippen LogP contribution in [0.4, 0.5) is 0 Å². The van der Waals surface area contributed by atoms with E-state index in [-0.39, 0.29) is 39.3 Å². The zero-order valence-corrected chi connectivity index (χ0v) is 36.8. The number of allylic oxidation sites excluding steroid dienone is 5. The molecule has 9 atom stereocenters. The zero-order chi connectivity index (χ0) is 40.6. The Balaban J connectivity index is 1.20. The van der Waals surface area contributed by atoms with E-state index in [4.69, 9.17) is 11.6 Å². The molecule has 1 aromatic rings. The number of carbonyl (C=O) groups excluding carboxylic acids is 1.